The maximum absolute atomic E-state index is 12.4. The summed E-state index contributed by atoms with van der Waals surface area (Å²) in [6, 6.07) is 6.90. The number of halogens is 1. The third-order valence-corrected chi connectivity index (χ3v) is 4.85. The number of aromatic nitrogens is 1. The van der Waals surface area contributed by atoms with Gasteiger partial charge in [-0.15, -0.1) is 24.0 Å². The number of nitrogens with one attached hydrogen (secondary N) is 2. The maximum atomic E-state index is 12.4. The number of rotatable bonds is 8. The summed E-state index contributed by atoms with van der Waals surface area (Å²) in [7, 11) is 0. The van der Waals surface area contributed by atoms with Gasteiger partial charge in [0.15, 0.2) is 5.96 Å². The molecule has 2 heterocycles. The number of aliphatic imine (C=N–C) groups is 1. The molecule has 0 saturated heterocycles. The molecule has 1 aromatic heterocycles. The Morgan fingerprint density at radius 2 is 1.73 bits per heavy atom. The van der Waals surface area contributed by atoms with Crippen LogP contribution in [0, 0.1) is 0 Å². The van der Waals surface area contributed by atoms with E-state index in [0.29, 0.717) is 36.7 Å². The Kier molecular flexibility index (Phi) is 8.82. The largest absolute Gasteiger partial charge is 0.361 e. The Hall–Kier alpha value is -2.43. The Bertz CT molecular complexity index is 869. The Balaban J connectivity index is 0.00000320. The SMILES string of the molecule is CCNC(=NCc1c(CC)noc1CC)NCCN1C(=O)c2ccccc2C1=O.I. The van der Waals surface area contributed by atoms with Crippen molar-refractivity contribution in [2.45, 2.75) is 40.2 Å². The van der Waals surface area contributed by atoms with E-state index < -0.39 is 0 Å². The van der Waals surface area contributed by atoms with Crippen LogP contribution in [-0.2, 0) is 19.4 Å². The number of hydrogen-bond acceptors (Lipinski definition) is 5. The van der Waals surface area contributed by atoms with Crippen LogP contribution < -0.4 is 10.6 Å². The average Bonchev–Trinajstić information content (AvgIpc) is 3.25. The summed E-state index contributed by atoms with van der Waals surface area (Å²) in [5.41, 5.74) is 2.87. The highest BCUT2D eigenvalue weighted by Crippen LogP contribution is 2.21. The monoisotopic (exact) mass is 525 g/mol. The molecular weight excluding hydrogens is 497 g/mol. The number of fused-ring (bicyclic) bond motifs is 1. The van der Waals surface area contributed by atoms with Gasteiger partial charge in [-0.25, -0.2) is 4.99 Å². The van der Waals surface area contributed by atoms with Crippen LogP contribution in [0.3, 0.4) is 0 Å². The molecule has 0 bridgehead atoms. The summed E-state index contributed by atoms with van der Waals surface area (Å²) in [5.74, 6) is 0.972. The summed E-state index contributed by atoms with van der Waals surface area (Å²) >= 11 is 0. The van der Waals surface area contributed by atoms with E-state index in [0.717, 1.165) is 29.9 Å². The fourth-order valence-electron chi connectivity index (χ4n) is 3.34. The number of hydrogen-bond donors (Lipinski definition) is 2. The highest BCUT2D eigenvalue weighted by atomic mass is 127. The third-order valence-electron chi connectivity index (χ3n) is 4.85. The zero-order chi connectivity index (χ0) is 20.8. The lowest BCUT2D eigenvalue weighted by molar-refractivity contribution is 0.0657. The normalized spacial score (nSPS) is 13.3. The number of aryl methyl sites for hydroxylation is 2. The van der Waals surface area contributed by atoms with Gasteiger partial charge >= 0.3 is 0 Å². The third kappa shape index (κ3) is 5.00. The van der Waals surface area contributed by atoms with Crippen molar-refractivity contribution in [3.63, 3.8) is 0 Å². The van der Waals surface area contributed by atoms with Crippen molar-refractivity contribution in [1.29, 1.82) is 0 Å². The topological polar surface area (TPSA) is 99.8 Å². The van der Waals surface area contributed by atoms with Gasteiger partial charge in [-0.05, 0) is 25.5 Å². The number of guanidine groups is 1. The molecule has 1 aliphatic rings. The predicted molar refractivity (Wildman–Crippen MR) is 125 cm³/mol. The average molecular weight is 525 g/mol. The first-order valence-electron chi connectivity index (χ1n) is 10.0. The number of amides is 2. The summed E-state index contributed by atoms with van der Waals surface area (Å²) in [6.45, 7) is 7.87. The van der Waals surface area contributed by atoms with Crippen LogP contribution in [0.5, 0.6) is 0 Å². The second-order valence-electron chi connectivity index (χ2n) is 6.67. The molecule has 1 aliphatic heterocycles. The highest BCUT2D eigenvalue weighted by molar-refractivity contribution is 14.0. The maximum Gasteiger partial charge on any atom is 0.261 e. The number of imide groups is 1. The van der Waals surface area contributed by atoms with Crippen LogP contribution in [0.1, 0.15) is 58.5 Å². The Morgan fingerprint density at radius 1 is 1.07 bits per heavy atom. The summed E-state index contributed by atoms with van der Waals surface area (Å²) < 4.78 is 5.39. The van der Waals surface area contributed by atoms with Crippen molar-refractivity contribution in [3.8, 4) is 0 Å². The number of carbonyl (C=O) groups excluding carboxylic acids is 2. The molecule has 0 fully saturated rings. The molecule has 0 atom stereocenters. The van der Waals surface area contributed by atoms with Crippen molar-refractivity contribution in [2.24, 2.45) is 4.99 Å². The minimum atomic E-state index is -0.251. The highest BCUT2D eigenvalue weighted by Gasteiger charge is 2.34. The predicted octanol–water partition coefficient (Wildman–Crippen LogP) is 2.77. The first-order chi connectivity index (χ1) is 14.1. The van der Waals surface area contributed by atoms with Crippen LogP contribution in [0.25, 0.3) is 0 Å². The molecule has 0 aliphatic carbocycles. The first-order valence-corrected chi connectivity index (χ1v) is 10.0. The number of nitrogens with zero attached hydrogens (tertiary/aromatic N) is 3. The van der Waals surface area contributed by atoms with E-state index in [-0.39, 0.29) is 42.3 Å². The van der Waals surface area contributed by atoms with E-state index in [2.05, 4.69) is 20.8 Å². The van der Waals surface area contributed by atoms with Gasteiger partial charge in [0, 0.05) is 31.6 Å². The van der Waals surface area contributed by atoms with Gasteiger partial charge in [0.2, 0.25) is 0 Å². The standard InChI is InChI=1S/C21H27N5O3.HI/c1-4-17-16(18(5-2)29-25-17)13-24-21(22-6-3)23-11-12-26-19(27)14-9-7-8-10-15(14)20(26)28;/h7-10H,4-6,11-13H2,1-3H3,(H2,22,23,24);1H. The van der Waals surface area contributed by atoms with E-state index in [9.17, 15) is 9.59 Å². The second kappa shape index (κ2) is 11.1. The Labute approximate surface area is 193 Å². The smallest absolute Gasteiger partial charge is 0.261 e. The number of carbonyl (C=O) groups is 2. The van der Waals surface area contributed by atoms with Crippen molar-refractivity contribution in [2.75, 3.05) is 19.6 Å². The molecule has 2 amide bonds. The molecule has 0 saturated carbocycles. The fraction of sp³-hybridized carbons (Fsp3) is 0.429. The molecule has 2 aromatic rings. The molecule has 1 aromatic carbocycles. The van der Waals surface area contributed by atoms with E-state index in [4.69, 9.17) is 4.52 Å². The van der Waals surface area contributed by atoms with Gasteiger partial charge in [-0.1, -0.05) is 31.1 Å². The van der Waals surface area contributed by atoms with Crippen LogP contribution >= 0.6 is 24.0 Å². The van der Waals surface area contributed by atoms with Crippen LogP contribution in [0.4, 0.5) is 0 Å². The molecule has 2 N–H and O–H groups in total. The summed E-state index contributed by atoms with van der Waals surface area (Å²) in [5, 5.41) is 10.5. The van der Waals surface area contributed by atoms with E-state index in [1.807, 2.05) is 20.8 Å². The first kappa shape index (κ1) is 23.8. The molecule has 0 spiro atoms. The van der Waals surface area contributed by atoms with Gasteiger partial charge in [0.1, 0.15) is 5.76 Å². The lowest BCUT2D eigenvalue weighted by Crippen LogP contribution is -2.43. The quantitative estimate of drug-likeness (QED) is 0.238. The van der Waals surface area contributed by atoms with Crippen molar-refractivity contribution >= 4 is 41.8 Å². The molecule has 8 nitrogen and oxygen atoms in total. The summed E-state index contributed by atoms with van der Waals surface area (Å²) in [6.07, 6.45) is 1.56. The van der Waals surface area contributed by atoms with Gasteiger partial charge in [-0.3, -0.25) is 14.5 Å². The second-order valence-corrected chi connectivity index (χ2v) is 6.67. The molecule has 0 unspecified atom stereocenters. The number of benzene rings is 1. The molecule has 3 rings (SSSR count). The minimum Gasteiger partial charge on any atom is -0.361 e. The summed E-state index contributed by atoms with van der Waals surface area (Å²) in [4.78, 5) is 30.8. The molecule has 162 valence electrons. The van der Waals surface area contributed by atoms with Crippen LogP contribution in [-0.4, -0.2) is 47.5 Å². The molecule has 9 heteroatoms. The molecular formula is C21H28IN5O3. The Morgan fingerprint density at radius 3 is 2.30 bits per heavy atom. The van der Waals surface area contributed by atoms with Gasteiger partial charge in [-0.2, -0.15) is 0 Å². The molecule has 0 radical (unpaired) electrons. The lowest BCUT2D eigenvalue weighted by Gasteiger charge is -2.16. The van der Waals surface area contributed by atoms with Gasteiger partial charge in [0.05, 0.1) is 23.4 Å². The van der Waals surface area contributed by atoms with E-state index >= 15 is 0 Å². The lowest BCUT2D eigenvalue weighted by atomic mass is 10.1. The van der Waals surface area contributed by atoms with Crippen molar-refractivity contribution < 1.29 is 14.1 Å². The zero-order valence-electron chi connectivity index (χ0n) is 17.5. The zero-order valence-corrected chi connectivity index (χ0v) is 19.9. The van der Waals surface area contributed by atoms with Crippen LogP contribution in [0.2, 0.25) is 0 Å². The van der Waals surface area contributed by atoms with Crippen LogP contribution in [0.15, 0.2) is 33.8 Å². The minimum absolute atomic E-state index is 0. The van der Waals surface area contributed by atoms with E-state index in [1.54, 1.807) is 24.3 Å². The van der Waals surface area contributed by atoms with Crippen molar-refractivity contribution in [3.05, 3.63) is 52.4 Å². The fourth-order valence-corrected chi connectivity index (χ4v) is 3.34. The molecule has 30 heavy (non-hydrogen) atoms. The van der Waals surface area contributed by atoms with Gasteiger partial charge < -0.3 is 15.2 Å². The van der Waals surface area contributed by atoms with Gasteiger partial charge in [0.25, 0.3) is 11.8 Å². The van der Waals surface area contributed by atoms with Crippen molar-refractivity contribution in [1.82, 2.24) is 20.7 Å². The van der Waals surface area contributed by atoms with E-state index in [1.165, 1.54) is 4.90 Å².